The van der Waals surface area contributed by atoms with Crippen molar-refractivity contribution in [3.8, 4) is 11.5 Å². The average Bonchev–Trinajstić information content (AvgIpc) is 2.59. The van der Waals surface area contributed by atoms with Gasteiger partial charge in [0.1, 0.15) is 23.4 Å². The lowest BCUT2D eigenvalue weighted by molar-refractivity contribution is 0.0693. The molecule has 1 aliphatic carbocycles. The standard InChI is InChI=1S/C20H16O5/c21-11-5-7-15-17(9-11)25-18-10-12(22)6-8-16(18)19(15)13-3-1-2-4-14(13)20(23)24/h1-10,15,17,19,21-22H,(H,23,24). The molecule has 1 aliphatic heterocycles. The highest BCUT2D eigenvalue weighted by atomic mass is 16.5. The van der Waals surface area contributed by atoms with Gasteiger partial charge in [-0.3, -0.25) is 0 Å². The maximum absolute atomic E-state index is 11.7. The largest absolute Gasteiger partial charge is 0.508 e. The summed E-state index contributed by atoms with van der Waals surface area (Å²) in [6.45, 7) is 0. The van der Waals surface area contributed by atoms with Crippen molar-refractivity contribution < 1.29 is 24.9 Å². The number of aromatic carboxylic acids is 1. The van der Waals surface area contributed by atoms with E-state index >= 15 is 0 Å². The first-order valence-electron chi connectivity index (χ1n) is 7.95. The van der Waals surface area contributed by atoms with Crippen LogP contribution in [0.25, 0.3) is 0 Å². The molecule has 2 aliphatic rings. The van der Waals surface area contributed by atoms with Crippen molar-refractivity contribution in [1.29, 1.82) is 0 Å². The minimum atomic E-state index is -0.989. The number of fused-ring (bicyclic) bond motifs is 2. The van der Waals surface area contributed by atoms with Gasteiger partial charge in [0.15, 0.2) is 0 Å². The molecule has 5 nitrogen and oxygen atoms in total. The number of allylic oxidation sites excluding steroid dienone is 1. The number of ether oxygens (including phenoxy) is 1. The molecule has 3 atom stereocenters. The van der Waals surface area contributed by atoms with Crippen molar-refractivity contribution in [2.45, 2.75) is 12.0 Å². The van der Waals surface area contributed by atoms with E-state index in [1.165, 1.54) is 6.07 Å². The van der Waals surface area contributed by atoms with Crippen LogP contribution in [0.1, 0.15) is 27.4 Å². The highest BCUT2D eigenvalue weighted by Crippen LogP contribution is 2.48. The molecule has 2 aromatic rings. The van der Waals surface area contributed by atoms with Crippen LogP contribution in [-0.4, -0.2) is 27.4 Å². The first kappa shape index (κ1) is 15.3. The summed E-state index contributed by atoms with van der Waals surface area (Å²) < 4.78 is 5.94. The monoisotopic (exact) mass is 336 g/mol. The Bertz CT molecular complexity index is 912. The molecular formula is C20H16O5. The number of phenols is 1. The summed E-state index contributed by atoms with van der Waals surface area (Å²) in [5.74, 6) is -0.740. The first-order chi connectivity index (χ1) is 12.0. The number of carboxylic acid groups (broad SMARTS) is 1. The number of hydrogen-bond donors (Lipinski definition) is 3. The lowest BCUT2D eigenvalue weighted by atomic mass is 9.73. The lowest BCUT2D eigenvalue weighted by Crippen LogP contribution is -2.36. The Morgan fingerprint density at radius 1 is 1.04 bits per heavy atom. The fourth-order valence-corrected chi connectivity index (χ4v) is 3.64. The molecule has 5 heteroatoms. The minimum absolute atomic E-state index is 0.0713. The Hall–Kier alpha value is -3.21. The maximum Gasteiger partial charge on any atom is 0.335 e. The van der Waals surface area contributed by atoms with Gasteiger partial charge in [0, 0.05) is 23.5 Å². The second-order valence-electron chi connectivity index (χ2n) is 6.20. The second-order valence-corrected chi connectivity index (χ2v) is 6.20. The molecule has 3 N–H and O–H groups in total. The van der Waals surface area contributed by atoms with Gasteiger partial charge in [0.2, 0.25) is 0 Å². The quantitative estimate of drug-likeness (QED) is 0.780. The molecule has 0 spiro atoms. The molecule has 1 heterocycles. The van der Waals surface area contributed by atoms with E-state index < -0.39 is 12.1 Å². The van der Waals surface area contributed by atoms with Gasteiger partial charge < -0.3 is 20.1 Å². The van der Waals surface area contributed by atoms with Crippen LogP contribution in [-0.2, 0) is 0 Å². The van der Waals surface area contributed by atoms with E-state index in [-0.39, 0.29) is 28.9 Å². The molecule has 3 unspecified atom stereocenters. The molecule has 0 saturated heterocycles. The van der Waals surface area contributed by atoms with E-state index in [0.717, 1.165) is 5.56 Å². The van der Waals surface area contributed by atoms with E-state index in [2.05, 4.69) is 0 Å². The topological polar surface area (TPSA) is 87.0 Å². The number of phenolic OH excluding ortho intramolecular Hbond substituents is 1. The van der Waals surface area contributed by atoms with Crippen molar-refractivity contribution in [3.63, 3.8) is 0 Å². The number of carbonyl (C=O) groups is 1. The summed E-state index contributed by atoms with van der Waals surface area (Å²) in [4.78, 5) is 11.7. The van der Waals surface area contributed by atoms with Gasteiger partial charge in [-0.1, -0.05) is 30.3 Å². The first-order valence-corrected chi connectivity index (χ1v) is 7.95. The zero-order chi connectivity index (χ0) is 17.6. The molecule has 25 heavy (non-hydrogen) atoms. The average molecular weight is 336 g/mol. The minimum Gasteiger partial charge on any atom is -0.508 e. The Morgan fingerprint density at radius 3 is 2.64 bits per heavy atom. The molecule has 0 aromatic heterocycles. The zero-order valence-electron chi connectivity index (χ0n) is 13.2. The smallest absolute Gasteiger partial charge is 0.335 e. The highest BCUT2D eigenvalue weighted by molar-refractivity contribution is 5.90. The highest BCUT2D eigenvalue weighted by Gasteiger charge is 2.39. The van der Waals surface area contributed by atoms with Crippen LogP contribution in [0.15, 0.2) is 66.5 Å². The van der Waals surface area contributed by atoms with Gasteiger partial charge in [-0.25, -0.2) is 4.79 Å². The predicted molar refractivity (Wildman–Crippen MR) is 91.1 cm³/mol. The molecule has 0 saturated carbocycles. The van der Waals surface area contributed by atoms with Gasteiger partial charge in [-0.2, -0.15) is 0 Å². The van der Waals surface area contributed by atoms with E-state index in [4.69, 9.17) is 4.74 Å². The van der Waals surface area contributed by atoms with Crippen molar-refractivity contribution in [3.05, 3.63) is 83.1 Å². The molecule has 4 rings (SSSR count). The van der Waals surface area contributed by atoms with E-state index in [1.807, 2.05) is 12.1 Å². The third-order valence-corrected chi connectivity index (χ3v) is 4.71. The number of carboxylic acids is 1. The summed E-state index contributed by atoms with van der Waals surface area (Å²) in [6, 6.07) is 11.7. The van der Waals surface area contributed by atoms with Crippen molar-refractivity contribution in [1.82, 2.24) is 0 Å². The van der Waals surface area contributed by atoms with E-state index in [1.54, 1.807) is 42.5 Å². The van der Waals surface area contributed by atoms with Crippen LogP contribution in [0.3, 0.4) is 0 Å². The summed E-state index contributed by atoms with van der Waals surface area (Å²) in [7, 11) is 0. The number of rotatable bonds is 2. The van der Waals surface area contributed by atoms with Crippen LogP contribution in [0.2, 0.25) is 0 Å². The van der Waals surface area contributed by atoms with Gasteiger partial charge in [0.05, 0.1) is 5.56 Å². The third kappa shape index (κ3) is 2.54. The van der Waals surface area contributed by atoms with E-state index in [0.29, 0.717) is 11.3 Å². The number of aliphatic hydroxyl groups is 1. The normalized spacial score (nSPS) is 23.8. The van der Waals surface area contributed by atoms with E-state index in [9.17, 15) is 20.1 Å². The van der Waals surface area contributed by atoms with Crippen LogP contribution in [0.5, 0.6) is 11.5 Å². The molecule has 0 fully saturated rings. The molecule has 0 amide bonds. The van der Waals surface area contributed by atoms with Gasteiger partial charge in [0.25, 0.3) is 0 Å². The lowest BCUT2D eigenvalue weighted by Gasteiger charge is -2.39. The summed E-state index contributed by atoms with van der Waals surface area (Å²) >= 11 is 0. The van der Waals surface area contributed by atoms with Crippen molar-refractivity contribution >= 4 is 5.97 Å². The van der Waals surface area contributed by atoms with Crippen LogP contribution in [0.4, 0.5) is 0 Å². The maximum atomic E-state index is 11.7. The fourth-order valence-electron chi connectivity index (χ4n) is 3.64. The SMILES string of the molecule is O=C(O)c1ccccc1C1c2ccc(O)cc2OC2C=C(O)C=CC21. The summed E-state index contributed by atoms with van der Waals surface area (Å²) in [5.41, 5.74) is 1.73. The molecule has 2 aromatic carbocycles. The molecule has 126 valence electrons. The Morgan fingerprint density at radius 2 is 1.84 bits per heavy atom. The fraction of sp³-hybridized carbons (Fsp3) is 0.150. The van der Waals surface area contributed by atoms with Gasteiger partial charge in [-0.05, 0) is 29.8 Å². The number of aliphatic hydroxyl groups excluding tert-OH is 1. The molecular weight excluding hydrogens is 320 g/mol. The van der Waals surface area contributed by atoms with Crippen LogP contribution in [0, 0.1) is 5.92 Å². The summed E-state index contributed by atoms with van der Waals surface area (Å²) in [5, 5.41) is 29.2. The zero-order valence-corrected chi connectivity index (χ0v) is 13.2. The Labute approximate surface area is 144 Å². The number of benzene rings is 2. The van der Waals surface area contributed by atoms with Crippen LogP contribution < -0.4 is 4.74 Å². The van der Waals surface area contributed by atoms with Crippen molar-refractivity contribution in [2.75, 3.05) is 0 Å². The molecule has 0 radical (unpaired) electrons. The summed E-state index contributed by atoms with van der Waals surface area (Å²) in [6.07, 6.45) is 4.62. The van der Waals surface area contributed by atoms with Gasteiger partial charge >= 0.3 is 5.97 Å². The van der Waals surface area contributed by atoms with Crippen molar-refractivity contribution in [2.24, 2.45) is 5.92 Å². The number of aromatic hydroxyl groups is 1. The van der Waals surface area contributed by atoms with Gasteiger partial charge in [-0.15, -0.1) is 0 Å². The third-order valence-electron chi connectivity index (χ3n) is 4.71. The Balaban J connectivity index is 1.93. The second kappa shape index (κ2) is 5.70. The Kier molecular flexibility index (Phi) is 3.50. The van der Waals surface area contributed by atoms with Crippen LogP contribution >= 0.6 is 0 Å². The molecule has 0 bridgehead atoms. The number of hydrogen-bond acceptors (Lipinski definition) is 4. The predicted octanol–water partition coefficient (Wildman–Crippen LogP) is 3.61.